The van der Waals surface area contributed by atoms with Crippen LogP contribution in [0.25, 0.3) is 0 Å². The van der Waals surface area contributed by atoms with E-state index in [0.717, 1.165) is 25.7 Å². The molecule has 0 unspecified atom stereocenters. The predicted octanol–water partition coefficient (Wildman–Crippen LogP) is 6.15. The van der Waals surface area contributed by atoms with Crippen molar-refractivity contribution in [3.05, 3.63) is 83.0 Å². The van der Waals surface area contributed by atoms with Crippen molar-refractivity contribution in [3.63, 3.8) is 0 Å². The summed E-state index contributed by atoms with van der Waals surface area (Å²) in [5.41, 5.74) is 3.65. The normalized spacial score (nSPS) is 23.2. The minimum absolute atomic E-state index is 0.0740. The molecule has 220 valence electrons. The molecular weight excluding hydrogens is 532 g/mol. The van der Waals surface area contributed by atoms with Crippen molar-refractivity contribution >= 4 is 34.9 Å². The number of esters is 2. The van der Waals surface area contributed by atoms with E-state index in [2.05, 4.69) is 23.8 Å². The van der Waals surface area contributed by atoms with Crippen molar-refractivity contribution in [2.75, 3.05) is 10.6 Å². The molecule has 3 aliphatic carbocycles. The van der Waals surface area contributed by atoms with E-state index < -0.39 is 0 Å². The first kappa shape index (κ1) is 29.3. The molecule has 42 heavy (non-hydrogen) atoms. The Bertz CT molecular complexity index is 1340. The first-order valence-electron chi connectivity index (χ1n) is 14.7. The zero-order chi connectivity index (χ0) is 30.0. The zero-order valence-corrected chi connectivity index (χ0v) is 24.3. The number of carbonyl (C=O) groups is 4. The predicted molar refractivity (Wildman–Crippen MR) is 161 cm³/mol. The van der Waals surface area contributed by atoms with E-state index in [4.69, 9.17) is 9.47 Å². The van der Waals surface area contributed by atoms with Gasteiger partial charge in [-0.15, -0.1) is 0 Å². The van der Waals surface area contributed by atoms with Crippen LogP contribution in [0.2, 0.25) is 0 Å². The minimum atomic E-state index is -0.368. The van der Waals surface area contributed by atoms with Crippen LogP contribution < -0.4 is 10.6 Å². The van der Waals surface area contributed by atoms with E-state index in [9.17, 15) is 19.2 Å². The highest BCUT2D eigenvalue weighted by Crippen LogP contribution is 2.39. The van der Waals surface area contributed by atoms with Gasteiger partial charge in [-0.05, 0) is 77.3 Å². The van der Waals surface area contributed by atoms with Crippen molar-refractivity contribution in [3.8, 4) is 0 Å². The van der Waals surface area contributed by atoms with Crippen LogP contribution in [0.1, 0.15) is 97.1 Å². The third kappa shape index (κ3) is 6.17. The average molecular weight is 571 g/mol. The first-order chi connectivity index (χ1) is 20.1. The van der Waals surface area contributed by atoms with Gasteiger partial charge in [-0.25, -0.2) is 9.59 Å². The molecule has 2 saturated carbocycles. The molecule has 2 fully saturated rings. The summed E-state index contributed by atoms with van der Waals surface area (Å²) in [6.45, 7) is 10.6. The molecule has 2 aromatic carbocycles. The van der Waals surface area contributed by atoms with Crippen LogP contribution in [0.4, 0.5) is 11.4 Å². The van der Waals surface area contributed by atoms with Gasteiger partial charge in [-0.1, -0.05) is 37.4 Å². The number of fused-ring (bicyclic) bond motifs is 2. The lowest BCUT2D eigenvalue weighted by molar-refractivity contribution is -0.146. The fourth-order valence-corrected chi connectivity index (χ4v) is 6.06. The standard InChI is InChI=1S/C34H38N2O6/c1-19(2)33(39)41-23-13-9-21(10-14-23)35-27-17-18-28(36-22-11-15-24(16-12-22)42-34(40)20(3)4)30-29(27)31(37)25-7-5-6-8-26(25)32(30)38/h5-8,17-18,21-24,35-36H,1,3,9-16H2,2,4H3. The van der Waals surface area contributed by atoms with Gasteiger partial charge in [0.1, 0.15) is 12.2 Å². The Kier molecular flexibility index (Phi) is 8.61. The van der Waals surface area contributed by atoms with Crippen LogP contribution in [0.5, 0.6) is 0 Å². The molecule has 0 bridgehead atoms. The van der Waals surface area contributed by atoms with Crippen molar-refractivity contribution in [1.82, 2.24) is 0 Å². The molecule has 8 nitrogen and oxygen atoms in total. The van der Waals surface area contributed by atoms with Crippen LogP contribution in [0.3, 0.4) is 0 Å². The molecule has 0 radical (unpaired) electrons. The number of hydrogen-bond donors (Lipinski definition) is 2. The number of hydrogen-bond acceptors (Lipinski definition) is 8. The summed E-state index contributed by atoms with van der Waals surface area (Å²) in [6.07, 6.45) is 5.59. The van der Waals surface area contributed by atoms with Crippen LogP contribution >= 0.6 is 0 Å². The molecule has 0 saturated heterocycles. The third-order valence-corrected chi connectivity index (χ3v) is 8.39. The summed E-state index contributed by atoms with van der Waals surface area (Å²) in [4.78, 5) is 51.6. The van der Waals surface area contributed by atoms with Gasteiger partial charge in [-0.2, -0.15) is 0 Å². The summed E-state index contributed by atoms with van der Waals surface area (Å²) in [6, 6.07) is 10.9. The number of anilines is 2. The summed E-state index contributed by atoms with van der Waals surface area (Å²) in [5.74, 6) is -1.09. The highest BCUT2D eigenvalue weighted by atomic mass is 16.5. The second kappa shape index (κ2) is 12.3. The average Bonchev–Trinajstić information content (AvgIpc) is 2.98. The molecule has 0 aromatic heterocycles. The molecule has 5 rings (SSSR count). The van der Waals surface area contributed by atoms with Crippen molar-refractivity contribution in [2.45, 2.75) is 89.5 Å². The lowest BCUT2D eigenvalue weighted by atomic mass is 9.81. The van der Waals surface area contributed by atoms with Crippen molar-refractivity contribution in [1.29, 1.82) is 0 Å². The quantitative estimate of drug-likeness (QED) is 0.245. The maximum Gasteiger partial charge on any atom is 0.333 e. The minimum Gasteiger partial charge on any atom is -0.459 e. The Hall–Kier alpha value is -4.20. The monoisotopic (exact) mass is 570 g/mol. The maximum absolute atomic E-state index is 13.9. The summed E-state index contributed by atoms with van der Waals surface area (Å²) in [5, 5.41) is 7.07. The molecular formula is C34H38N2O6. The molecule has 2 N–H and O–H groups in total. The number of ether oxygens (including phenoxy) is 2. The number of rotatable bonds is 8. The smallest absolute Gasteiger partial charge is 0.333 e. The van der Waals surface area contributed by atoms with Gasteiger partial charge < -0.3 is 20.1 Å². The van der Waals surface area contributed by atoms with Gasteiger partial charge in [0.2, 0.25) is 0 Å². The SMILES string of the molecule is C=C(C)C(=O)OC1CCC(Nc2ccc(NC3CCC(OC(=O)C(=C)C)CC3)c3c2C(=O)c2ccccc2C3=O)CC1. The molecule has 0 atom stereocenters. The first-order valence-corrected chi connectivity index (χ1v) is 14.7. The van der Waals surface area contributed by atoms with E-state index in [-0.39, 0.29) is 47.8 Å². The van der Waals surface area contributed by atoms with E-state index in [1.165, 1.54) is 0 Å². The molecule has 0 heterocycles. The van der Waals surface area contributed by atoms with Crippen molar-refractivity contribution in [2.24, 2.45) is 0 Å². The Labute approximate surface area is 246 Å². The van der Waals surface area contributed by atoms with E-state index in [0.29, 0.717) is 70.5 Å². The van der Waals surface area contributed by atoms with Gasteiger partial charge in [0, 0.05) is 45.7 Å². The largest absolute Gasteiger partial charge is 0.459 e. The number of benzene rings is 2. The van der Waals surface area contributed by atoms with Crippen molar-refractivity contribution < 1.29 is 28.7 Å². The summed E-state index contributed by atoms with van der Waals surface area (Å²) >= 11 is 0. The second-order valence-electron chi connectivity index (χ2n) is 11.7. The van der Waals surface area contributed by atoms with Gasteiger partial charge >= 0.3 is 11.9 Å². The highest BCUT2D eigenvalue weighted by molar-refractivity contribution is 6.31. The molecule has 0 spiro atoms. The summed E-state index contributed by atoms with van der Waals surface area (Å²) in [7, 11) is 0. The van der Waals surface area contributed by atoms with Gasteiger partial charge in [-0.3, -0.25) is 9.59 Å². The Balaban J connectivity index is 1.34. The van der Waals surface area contributed by atoms with Crippen LogP contribution in [-0.2, 0) is 19.1 Å². The summed E-state index contributed by atoms with van der Waals surface area (Å²) < 4.78 is 11.1. The van der Waals surface area contributed by atoms with Crippen LogP contribution in [0.15, 0.2) is 60.7 Å². The highest BCUT2D eigenvalue weighted by Gasteiger charge is 2.36. The molecule has 0 amide bonds. The third-order valence-electron chi connectivity index (χ3n) is 8.39. The van der Waals surface area contributed by atoms with E-state index in [1.54, 1.807) is 38.1 Å². The Morgan fingerprint density at radius 1 is 0.643 bits per heavy atom. The van der Waals surface area contributed by atoms with Crippen LogP contribution in [0, 0.1) is 0 Å². The van der Waals surface area contributed by atoms with E-state index in [1.807, 2.05) is 12.1 Å². The molecule has 8 heteroatoms. The lowest BCUT2D eigenvalue weighted by Gasteiger charge is -2.33. The zero-order valence-electron chi connectivity index (χ0n) is 24.3. The van der Waals surface area contributed by atoms with Gasteiger partial charge in [0.15, 0.2) is 11.6 Å². The molecule has 2 aromatic rings. The Morgan fingerprint density at radius 3 is 1.33 bits per heavy atom. The fraction of sp³-hybridized carbons (Fsp3) is 0.412. The second-order valence-corrected chi connectivity index (χ2v) is 11.7. The van der Waals surface area contributed by atoms with Gasteiger partial charge in [0.25, 0.3) is 0 Å². The number of carbonyl (C=O) groups excluding carboxylic acids is 4. The fourth-order valence-electron chi connectivity index (χ4n) is 6.06. The number of nitrogens with one attached hydrogen (secondary N) is 2. The lowest BCUT2D eigenvalue weighted by Crippen LogP contribution is -2.33. The molecule has 0 aliphatic heterocycles. The topological polar surface area (TPSA) is 111 Å². The Morgan fingerprint density at radius 2 is 1.00 bits per heavy atom. The van der Waals surface area contributed by atoms with Gasteiger partial charge in [0.05, 0.1) is 11.1 Å². The number of ketones is 2. The maximum atomic E-state index is 13.9. The van der Waals surface area contributed by atoms with Crippen LogP contribution in [-0.4, -0.2) is 47.8 Å². The molecule has 3 aliphatic rings. The van der Waals surface area contributed by atoms with E-state index >= 15 is 0 Å².